The van der Waals surface area contributed by atoms with Crippen molar-refractivity contribution in [1.29, 1.82) is 0 Å². The van der Waals surface area contributed by atoms with Crippen LogP contribution in [0.3, 0.4) is 0 Å². The molecule has 182 valence electrons. The number of aryl methyl sites for hydroxylation is 1. The van der Waals surface area contributed by atoms with Crippen molar-refractivity contribution < 1.29 is 14.3 Å². The molecule has 0 spiro atoms. The van der Waals surface area contributed by atoms with Gasteiger partial charge in [0.1, 0.15) is 17.3 Å². The maximum Gasteiger partial charge on any atom is 0.246 e. The van der Waals surface area contributed by atoms with Crippen LogP contribution in [-0.4, -0.2) is 52.3 Å². The lowest BCUT2D eigenvalue weighted by Crippen LogP contribution is -2.48. The third kappa shape index (κ3) is 4.16. The van der Waals surface area contributed by atoms with Gasteiger partial charge >= 0.3 is 0 Å². The number of rotatable bonds is 4. The molecule has 0 aliphatic carbocycles. The van der Waals surface area contributed by atoms with Crippen LogP contribution in [0.4, 0.5) is 10.2 Å². The van der Waals surface area contributed by atoms with Crippen LogP contribution < -0.4 is 4.90 Å². The number of nitrogens with zero attached hydrogens (tertiary/aromatic N) is 4. The van der Waals surface area contributed by atoms with Crippen LogP contribution in [-0.2, 0) is 4.79 Å². The second-order valence-corrected chi connectivity index (χ2v) is 9.12. The van der Waals surface area contributed by atoms with Crippen LogP contribution in [0.15, 0.2) is 67.3 Å². The fourth-order valence-corrected chi connectivity index (χ4v) is 4.93. The minimum atomic E-state index is -0.570. The largest absolute Gasteiger partial charge is 0.507 e. The highest BCUT2D eigenvalue weighted by molar-refractivity contribution is 6.34. The lowest BCUT2D eigenvalue weighted by Gasteiger charge is -2.35. The maximum atomic E-state index is 14.8. The Morgan fingerprint density at radius 1 is 1.03 bits per heavy atom. The van der Waals surface area contributed by atoms with Gasteiger partial charge in [0.15, 0.2) is 5.82 Å². The molecule has 0 unspecified atom stereocenters. The molecule has 1 fully saturated rings. The zero-order valence-corrected chi connectivity index (χ0v) is 20.5. The Morgan fingerprint density at radius 3 is 2.47 bits per heavy atom. The van der Waals surface area contributed by atoms with E-state index in [-0.39, 0.29) is 22.2 Å². The fraction of sp³-hybridized carbons (Fsp3) is 0.179. The Kier molecular flexibility index (Phi) is 6.33. The molecule has 0 bridgehead atoms. The molecule has 0 radical (unpaired) electrons. The smallest absolute Gasteiger partial charge is 0.246 e. The van der Waals surface area contributed by atoms with Gasteiger partial charge in [0.05, 0.1) is 5.56 Å². The summed E-state index contributed by atoms with van der Waals surface area (Å²) in [5.74, 6) is -0.227. The number of fused-ring (bicyclic) bond motifs is 1. The molecule has 36 heavy (non-hydrogen) atoms. The summed E-state index contributed by atoms with van der Waals surface area (Å²) in [6.07, 6.45) is 1.32. The van der Waals surface area contributed by atoms with Gasteiger partial charge < -0.3 is 14.9 Å². The minimum absolute atomic E-state index is 0.0371. The Balaban J connectivity index is 1.70. The molecule has 1 aliphatic rings. The van der Waals surface area contributed by atoms with Crippen LogP contribution in [0.25, 0.3) is 33.2 Å². The number of hydrogen-bond donors (Lipinski definition) is 1. The Hall–Kier alpha value is -3.97. The first kappa shape index (κ1) is 23.8. The molecule has 8 heteroatoms. The molecule has 5 rings (SSSR count). The molecular formula is C28H24ClFN4O2. The second-order valence-electron chi connectivity index (χ2n) is 8.72. The summed E-state index contributed by atoms with van der Waals surface area (Å²) in [6.45, 7) is 7.76. The van der Waals surface area contributed by atoms with Gasteiger partial charge in [-0.1, -0.05) is 48.5 Å². The number of hydrogen-bond acceptors (Lipinski definition) is 5. The highest BCUT2D eigenvalue weighted by atomic mass is 35.5. The summed E-state index contributed by atoms with van der Waals surface area (Å²) in [5, 5.41) is 21.4. The van der Waals surface area contributed by atoms with Crippen LogP contribution in [0.1, 0.15) is 5.56 Å². The Bertz CT molecular complexity index is 1480. The zero-order valence-electron chi connectivity index (χ0n) is 19.7. The van der Waals surface area contributed by atoms with Crippen molar-refractivity contribution in [3.63, 3.8) is 0 Å². The number of aromatic hydroxyl groups is 1. The molecule has 3 aromatic carbocycles. The molecular weight excluding hydrogens is 479 g/mol. The summed E-state index contributed by atoms with van der Waals surface area (Å²) >= 11 is 6.70. The van der Waals surface area contributed by atoms with Crippen LogP contribution in [0.5, 0.6) is 5.75 Å². The number of halogens is 2. The molecule has 6 nitrogen and oxygen atoms in total. The number of anilines is 1. The van der Waals surface area contributed by atoms with Crippen molar-refractivity contribution in [2.45, 2.75) is 6.92 Å². The number of carbonyl (C=O) groups is 1. The lowest BCUT2D eigenvalue weighted by atomic mass is 9.96. The van der Waals surface area contributed by atoms with E-state index < -0.39 is 5.82 Å². The van der Waals surface area contributed by atoms with Crippen molar-refractivity contribution in [1.82, 2.24) is 15.1 Å². The first-order chi connectivity index (χ1) is 17.4. The lowest BCUT2D eigenvalue weighted by molar-refractivity contribution is -0.126. The number of phenolic OH excluding ortho intramolecular Hbond substituents is 1. The first-order valence-electron chi connectivity index (χ1n) is 11.6. The molecule has 1 amide bonds. The molecule has 4 aromatic rings. The molecule has 2 heterocycles. The van der Waals surface area contributed by atoms with E-state index >= 15 is 0 Å². The highest BCUT2D eigenvalue weighted by Crippen LogP contribution is 2.42. The number of benzene rings is 3. The zero-order chi connectivity index (χ0) is 25.4. The van der Waals surface area contributed by atoms with Gasteiger partial charge in [0, 0.05) is 53.1 Å². The number of piperazine rings is 1. The summed E-state index contributed by atoms with van der Waals surface area (Å²) in [5.41, 5.74) is 2.96. The summed E-state index contributed by atoms with van der Waals surface area (Å²) in [6, 6.07) is 15.5. The van der Waals surface area contributed by atoms with Gasteiger partial charge in [0.2, 0.25) is 5.91 Å². The van der Waals surface area contributed by atoms with Gasteiger partial charge in [-0.05, 0) is 42.8 Å². The standard InChI is InChI=1S/C28H24ClFN4O2/c1-3-25(36)33-11-13-34(14-12-33)28-20-16-22(29)21(26-23(30)9-6-10-24(26)35)15-19(20)27(31-32-28)18-8-5-4-7-17(18)2/h3-10,15-16,35H,1,11-14H2,2H3. The van der Waals surface area contributed by atoms with Crippen LogP contribution in [0, 0.1) is 12.7 Å². The van der Waals surface area contributed by atoms with E-state index in [4.69, 9.17) is 11.6 Å². The minimum Gasteiger partial charge on any atom is -0.507 e. The third-order valence-electron chi connectivity index (χ3n) is 6.57. The number of carbonyl (C=O) groups excluding carboxylic acids is 1. The molecule has 0 saturated carbocycles. The van der Waals surface area contributed by atoms with Gasteiger partial charge in [-0.25, -0.2) is 4.39 Å². The summed E-state index contributed by atoms with van der Waals surface area (Å²) in [4.78, 5) is 15.8. The predicted octanol–water partition coefficient (Wildman–Crippen LogP) is 5.60. The van der Waals surface area contributed by atoms with E-state index in [0.29, 0.717) is 43.3 Å². The van der Waals surface area contributed by atoms with Gasteiger partial charge in [0.25, 0.3) is 0 Å². The van der Waals surface area contributed by atoms with Crippen molar-refractivity contribution in [2.75, 3.05) is 31.1 Å². The van der Waals surface area contributed by atoms with E-state index in [0.717, 1.165) is 21.9 Å². The molecule has 1 N–H and O–H groups in total. The van der Waals surface area contributed by atoms with Gasteiger partial charge in [-0.15, -0.1) is 10.2 Å². The van der Waals surface area contributed by atoms with E-state index in [1.165, 1.54) is 24.3 Å². The Labute approximate surface area is 213 Å². The average molecular weight is 503 g/mol. The number of phenols is 1. The fourth-order valence-electron chi connectivity index (χ4n) is 4.67. The molecule has 1 aliphatic heterocycles. The van der Waals surface area contributed by atoms with Crippen LogP contribution >= 0.6 is 11.6 Å². The van der Waals surface area contributed by atoms with Crippen molar-refractivity contribution >= 4 is 34.1 Å². The quantitative estimate of drug-likeness (QED) is 0.368. The number of aromatic nitrogens is 2. The van der Waals surface area contributed by atoms with Crippen molar-refractivity contribution in [2.24, 2.45) is 0 Å². The number of amides is 1. The molecule has 1 saturated heterocycles. The van der Waals surface area contributed by atoms with E-state index in [1.807, 2.05) is 31.2 Å². The first-order valence-corrected chi connectivity index (χ1v) is 12.0. The van der Waals surface area contributed by atoms with Gasteiger partial charge in [-0.3, -0.25) is 4.79 Å². The average Bonchev–Trinajstić information content (AvgIpc) is 2.88. The van der Waals surface area contributed by atoms with Crippen molar-refractivity contribution in [3.05, 3.63) is 83.7 Å². The summed E-state index contributed by atoms with van der Waals surface area (Å²) < 4.78 is 14.8. The Morgan fingerprint density at radius 2 is 1.78 bits per heavy atom. The topological polar surface area (TPSA) is 69.6 Å². The maximum absolute atomic E-state index is 14.8. The molecule has 0 atom stereocenters. The third-order valence-corrected chi connectivity index (χ3v) is 6.89. The monoisotopic (exact) mass is 502 g/mol. The second kappa shape index (κ2) is 9.59. The van der Waals surface area contributed by atoms with Gasteiger partial charge in [-0.2, -0.15) is 0 Å². The predicted molar refractivity (Wildman–Crippen MR) is 141 cm³/mol. The van der Waals surface area contributed by atoms with E-state index in [9.17, 15) is 14.3 Å². The van der Waals surface area contributed by atoms with E-state index in [1.54, 1.807) is 17.0 Å². The van der Waals surface area contributed by atoms with E-state index in [2.05, 4.69) is 21.7 Å². The summed E-state index contributed by atoms with van der Waals surface area (Å²) in [7, 11) is 0. The van der Waals surface area contributed by atoms with Crippen molar-refractivity contribution in [3.8, 4) is 28.1 Å². The highest BCUT2D eigenvalue weighted by Gasteiger charge is 2.25. The SMILES string of the molecule is C=CC(=O)N1CCN(c2nnc(-c3ccccc3C)c3cc(-c4c(O)cccc4F)c(Cl)cc23)CC1. The van der Waals surface area contributed by atoms with Crippen LogP contribution in [0.2, 0.25) is 5.02 Å². The normalized spacial score (nSPS) is 13.8. The molecule has 1 aromatic heterocycles.